The van der Waals surface area contributed by atoms with Crippen molar-refractivity contribution in [2.24, 2.45) is 11.1 Å². The molecule has 0 radical (unpaired) electrons. The zero-order valence-electron chi connectivity index (χ0n) is 11.8. The number of nitrogens with two attached hydrogens (primary N) is 1. The molecule has 1 rings (SSSR count). The molecule has 1 aromatic heterocycles. The Balaban J connectivity index is 2.67. The Morgan fingerprint density at radius 1 is 1.45 bits per heavy atom. The molecule has 1 aromatic rings. The molecule has 1 amide bonds. The maximum absolute atomic E-state index is 11.9. The molecule has 0 saturated carbocycles. The second-order valence-electron chi connectivity index (χ2n) is 4.63. The minimum atomic E-state index is -0.942. The van der Waals surface area contributed by atoms with E-state index in [2.05, 4.69) is 15.6 Å². The number of nitrogens with one attached hydrogen (secondary N) is 1. The maximum Gasteiger partial charge on any atom is 0.311 e. The molecule has 0 fully saturated rings. The van der Waals surface area contributed by atoms with Gasteiger partial charge in [0, 0.05) is 13.1 Å². The fourth-order valence-corrected chi connectivity index (χ4v) is 1.86. The van der Waals surface area contributed by atoms with Crippen molar-refractivity contribution >= 4 is 11.9 Å². The van der Waals surface area contributed by atoms with Crippen molar-refractivity contribution in [1.82, 2.24) is 20.3 Å². The van der Waals surface area contributed by atoms with Gasteiger partial charge in [0.25, 0.3) is 5.91 Å². The first-order valence-electron chi connectivity index (χ1n) is 6.61. The third-order valence-electron chi connectivity index (χ3n) is 3.52. The first kappa shape index (κ1) is 16.1. The molecule has 0 saturated heterocycles. The Morgan fingerprint density at radius 2 is 2.10 bits per heavy atom. The molecule has 0 aliphatic carbocycles. The number of nitrogens with zero attached hydrogens (tertiary/aromatic N) is 3. The molecule has 8 nitrogen and oxygen atoms in total. The maximum atomic E-state index is 11.9. The fraction of sp³-hybridized carbons (Fsp3) is 0.667. The van der Waals surface area contributed by atoms with E-state index in [0.717, 1.165) is 0 Å². The third kappa shape index (κ3) is 3.53. The minimum Gasteiger partial charge on any atom is -0.481 e. The largest absolute Gasteiger partial charge is 0.481 e. The van der Waals surface area contributed by atoms with Crippen LogP contribution in [0.15, 0.2) is 6.20 Å². The van der Waals surface area contributed by atoms with E-state index in [1.54, 1.807) is 13.8 Å². The highest BCUT2D eigenvalue weighted by atomic mass is 16.4. The van der Waals surface area contributed by atoms with Crippen LogP contribution in [0.5, 0.6) is 0 Å². The van der Waals surface area contributed by atoms with Crippen molar-refractivity contribution in [1.29, 1.82) is 0 Å². The number of amides is 1. The Morgan fingerprint density at radius 3 is 2.60 bits per heavy atom. The van der Waals surface area contributed by atoms with E-state index >= 15 is 0 Å². The van der Waals surface area contributed by atoms with Gasteiger partial charge in [0.05, 0.1) is 18.2 Å². The summed E-state index contributed by atoms with van der Waals surface area (Å²) in [4.78, 5) is 23.2. The summed E-state index contributed by atoms with van der Waals surface area (Å²) in [5, 5.41) is 19.4. The van der Waals surface area contributed by atoms with Crippen LogP contribution < -0.4 is 11.1 Å². The molecule has 0 aliphatic rings. The first-order chi connectivity index (χ1) is 9.49. The van der Waals surface area contributed by atoms with E-state index in [0.29, 0.717) is 25.9 Å². The van der Waals surface area contributed by atoms with Crippen molar-refractivity contribution in [3.8, 4) is 0 Å². The zero-order valence-corrected chi connectivity index (χ0v) is 11.8. The van der Waals surface area contributed by atoms with Gasteiger partial charge in [0.2, 0.25) is 0 Å². The van der Waals surface area contributed by atoms with E-state index in [1.165, 1.54) is 10.9 Å². The van der Waals surface area contributed by atoms with Crippen molar-refractivity contribution in [2.75, 3.05) is 13.1 Å². The van der Waals surface area contributed by atoms with Crippen LogP contribution in [-0.2, 0) is 11.3 Å². The number of carboxylic acids is 1. The van der Waals surface area contributed by atoms with Gasteiger partial charge < -0.3 is 16.2 Å². The second kappa shape index (κ2) is 6.99. The van der Waals surface area contributed by atoms with Crippen molar-refractivity contribution < 1.29 is 14.7 Å². The van der Waals surface area contributed by atoms with E-state index in [-0.39, 0.29) is 12.2 Å². The number of aromatic nitrogens is 3. The van der Waals surface area contributed by atoms with Crippen molar-refractivity contribution in [3.63, 3.8) is 0 Å². The van der Waals surface area contributed by atoms with Gasteiger partial charge in [-0.3, -0.25) is 14.3 Å². The average Bonchev–Trinajstić information content (AvgIpc) is 2.89. The lowest BCUT2D eigenvalue weighted by Crippen LogP contribution is -2.42. The Hall–Kier alpha value is -1.96. The molecule has 0 bridgehead atoms. The highest BCUT2D eigenvalue weighted by Crippen LogP contribution is 2.25. The summed E-state index contributed by atoms with van der Waals surface area (Å²) in [5.74, 6) is -1.34. The molecule has 0 spiro atoms. The van der Waals surface area contributed by atoms with Crippen LogP contribution in [0.1, 0.15) is 37.2 Å². The van der Waals surface area contributed by atoms with Crippen molar-refractivity contribution in [2.45, 2.75) is 33.2 Å². The lowest BCUT2D eigenvalue weighted by molar-refractivity contribution is -0.149. The van der Waals surface area contributed by atoms with E-state index < -0.39 is 17.3 Å². The molecule has 0 unspecified atom stereocenters. The van der Waals surface area contributed by atoms with E-state index in [4.69, 9.17) is 5.73 Å². The Bertz CT molecular complexity index is 467. The molecule has 0 aromatic carbocycles. The van der Waals surface area contributed by atoms with Gasteiger partial charge in [-0.2, -0.15) is 0 Å². The summed E-state index contributed by atoms with van der Waals surface area (Å²) in [7, 11) is 0. The lowest BCUT2D eigenvalue weighted by atomic mass is 9.82. The molecule has 1 heterocycles. The number of carbonyl (C=O) groups excluding carboxylic acids is 1. The van der Waals surface area contributed by atoms with Gasteiger partial charge in [-0.1, -0.05) is 19.1 Å². The highest BCUT2D eigenvalue weighted by molar-refractivity contribution is 5.92. The predicted octanol–water partition coefficient (Wildman–Crippen LogP) is -0.142. The first-order valence-corrected chi connectivity index (χ1v) is 6.61. The fourth-order valence-electron chi connectivity index (χ4n) is 1.86. The predicted molar refractivity (Wildman–Crippen MR) is 72.1 cm³/mol. The SMILES string of the molecule is CCC(CC)(CNC(=O)c1cn(CCN)nn1)C(=O)O. The standard InChI is InChI=1S/C12H21N5O3/c1-3-12(4-2,11(19)20)8-14-10(18)9-7-17(6-5-13)16-15-9/h7H,3-6,8,13H2,1-2H3,(H,14,18)(H,19,20). The number of hydrogen-bond acceptors (Lipinski definition) is 5. The summed E-state index contributed by atoms with van der Waals surface area (Å²) in [6, 6.07) is 0. The van der Waals surface area contributed by atoms with Crippen LogP contribution in [0, 0.1) is 5.41 Å². The van der Waals surface area contributed by atoms with Gasteiger partial charge in [-0.25, -0.2) is 0 Å². The van der Waals surface area contributed by atoms with Crippen LogP contribution >= 0.6 is 0 Å². The molecule has 112 valence electrons. The number of hydrogen-bond donors (Lipinski definition) is 3. The van der Waals surface area contributed by atoms with Crippen LogP contribution in [0.2, 0.25) is 0 Å². The van der Waals surface area contributed by atoms with Crippen LogP contribution in [0.4, 0.5) is 0 Å². The minimum absolute atomic E-state index is 0.0674. The molecule has 8 heteroatoms. The van der Waals surface area contributed by atoms with Crippen LogP contribution in [0.3, 0.4) is 0 Å². The number of aliphatic carboxylic acids is 1. The summed E-state index contributed by atoms with van der Waals surface area (Å²) in [5.41, 5.74) is 4.59. The quantitative estimate of drug-likeness (QED) is 0.610. The topological polar surface area (TPSA) is 123 Å². The van der Waals surface area contributed by atoms with E-state index in [1.807, 2.05) is 0 Å². The van der Waals surface area contributed by atoms with Crippen molar-refractivity contribution in [3.05, 3.63) is 11.9 Å². The molecular formula is C12H21N5O3. The number of rotatable bonds is 8. The van der Waals surface area contributed by atoms with Gasteiger partial charge in [0.1, 0.15) is 0 Å². The molecule has 0 aliphatic heterocycles. The van der Waals surface area contributed by atoms with E-state index in [9.17, 15) is 14.7 Å². The summed E-state index contributed by atoms with van der Waals surface area (Å²) < 4.78 is 1.47. The molecule has 20 heavy (non-hydrogen) atoms. The van der Waals surface area contributed by atoms with Gasteiger partial charge in [0.15, 0.2) is 5.69 Å². The Labute approximate surface area is 117 Å². The number of carbonyl (C=O) groups is 2. The monoisotopic (exact) mass is 283 g/mol. The van der Waals surface area contributed by atoms with Gasteiger partial charge in [-0.15, -0.1) is 5.10 Å². The van der Waals surface area contributed by atoms with Gasteiger partial charge in [-0.05, 0) is 12.8 Å². The smallest absolute Gasteiger partial charge is 0.311 e. The summed E-state index contributed by atoms with van der Waals surface area (Å²) >= 11 is 0. The molecule has 4 N–H and O–H groups in total. The highest BCUT2D eigenvalue weighted by Gasteiger charge is 2.35. The second-order valence-corrected chi connectivity index (χ2v) is 4.63. The molecule has 0 atom stereocenters. The number of carboxylic acid groups (broad SMARTS) is 1. The normalized spacial score (nSPS) is 11.3. The van der Waals surface area contributed by atoms with Gasteiger partial charge >= 0.3 is 5.97 Å². The van der Waals surface area contributed by atoms with Crippen LogP contribution in [-0.4, -0.2) is 45.1 Å². The lowest BCUT2D eigenvalue weighted by Gasteiger charge is -2.26. The summed E-state index contributed by atoms with van der Waals surface area (Å²) in [6.07, 6.45) is 2.38. The van der Waals surface area contributed by atoms with Crippen LogP contribution in [0.25, 0.3) is 0 Å². The average molecular weight is 283 g/mol. The summed E-state index contributed by atoms with van der Waals surface area (Å²) in [6.45, 7) is 4.53. The zero-order chi connectivity index (χ0) is 15.2. The molecular weight excluding hydrogens is 262 g/mol. The Kier molecular flexibility index (Phi) is 5.63. The third-order valence-corrected chi connectivity index (χ3v) is 3.52.